The van der Waals surface area contributed by atoms with Crippen LogP contribution in [0.1, 0.15) is 19.7 Å². The van der Waals surface area contributed by atoms with Gasteiger partial charge in [0.1, 0.15) is 16.8 Å². The SMILES string of the molecule is CCOC(=O)C(C)Sc1nnc(CSc2ncccn2)n1-c1ccc(OC)cc1. The average molecular weight is 432 g/mol. The van der Waals surface area contributed by atoms with Gasteiger partial charge >= 0.3 is 5.97 Å². The molecule has 10 heteroatoms. The van der Waals surface area contributed by atoms with E-state index in [9.17, 15) is 4.79 Å². The molecule has 0 fully saturated rings. The zero-order chi connectivity index (χ0) is 20.6. The maximum absolute atomic E-state index is 12.1. The summed E-state index contributed by atoms with van der Waals surface area (Å²) in [6.45, 7) is 3.92. The fraction of sp³-hybridized carbons (Fsp3) is 0.316. The van der Waals surface area contributed by atoms with E-state index in [-0.39, 0.29) is 5.97 Å². The third-order valence-corrected chi connectivity index (χ3v) is 5.70. The molecule has 2 aromatic heterocycles. The molecule has 0 amide bonds. The highest BCUT2D eigenvalue weighted by atomic mass is 32.2. The van der Waals surface area contributed by atoms with E-state index in [0.29, 0.717) is 22.7 Å². The molecule has 3 rings (SSSR count). The third kappa shape index (κ3) is 5.48. The van der Waals surface area contributed by atoms with Crippen LogP contribution >= 0.6 is 23.5 Å². The van der Waals surface area contributed by atoms with Gasteiger partial charge in [0.15, 0.2) is 10.3 Å². The minimum atomic E-state index is -0.408. The average Bonchev–Trinajstić information content (AvgIpc) is 3.15. The van der Waals surface area contributed by atoms with Crippen molar-refractivity contribution in [3.63, 3.8) is 0 Å². The monoisotopic (exact) mass is 431 g/mol. The Morgan fingerprint density at radius 1 is 1.17 bits per heavy atom. The molecule has 8 nitrogen and oxygen atoms in total. The van der Waals surface area contributed by atoms with Gasteiger partial charge in [-0.3, -0.25) is 9.36 Å². The summed E-state index contributed by atoms with van der Waals surface area (Å²) in [6, 6.07) is 9.37. The lowest BCUT2D eigenvalue weighted by atomic mass is 10.3. The molecular weight excluding hydrogens is 410 g/mol. The second kappa shape index (κ2) is 10.3. The Labute approximate surface area is 177 Å². The Hall–Kier alpha value is -2.59. The van der Waals surface area contributed by atoms with Crippen LogP contribution in [-0.4, -0.2) is 49.7 Å². The van der Waals surface area contributed by atoms with E-state index < -0.39 is 5.25 Å². The van der Waals surface area contributed by atoms with Crippen molar-refractivity contribution in [3.8, 4) is 11.4 Å². The van der Waals surface area contributed by atoms with Crippen LogP contribution in [-0.2, 0) is 15.3 Å². The number of esters is 1. The first-order chi connectivity index (χ1) is 14.1. The summed E-state index contributed by atoms with van der Waals surface area (Å²) >= 11 is 2.77. The Balaban J connectivity index is 1.88. The van der Waals surface area contributed by atoms with Gasteiger partial charge in [0.05, 0.1) is 19.5 Å². The lowest BCUT2D eigenvalue weighted by Gasteiger charge is -2.13. The molecule has 0 radical (unpaired) electrons. The van der Waals surface area contributed by atoms with Crippen molar-refractivity contribution in [3.05, 3.63) is 48.5 Å². The second-order valence-corrected chi connectivity index (χ2v) is 8.01. The number of thioether (sulfide) groups is 2. The maximum Gasteiger partial charge on any atom is 0.319 e. The minimum absolute atomic E-state index is 0.282. The normalized spacial score (nSPS) is 11.8. The maximum atomic E-state index is 12.1. The summed E-state index contributed by atoms with van der Waals surface area (Å²) in [7, 11) is 1.62. The van der Waals surface area contributed by atoms with Gasteiger partial charge in [-0.1, -0.05) is 23.5 Å². The van der Waals surface area contributed by atoms with Crippen LogP contribution in [0.3, 0.4) is 0 Å². The Morgan fingerprint density at radius 2 is 1.90 bits per heavy atom. The first-order valence-corrected chi connectivity index (χ1v) is 10.8. The molecule has 0 aliphatic heterocycles. The molecule has 0 spiro atoms. The van der Waals surface area contributed by atoms with Crippen molar-refractivity contribution in [2.45, 2.75) is 35.2 Å². The van der Waals surface area contributed by atoms with E-state index in [4.69, 9.17) is 9.47 Å². The molecule has 1 atom stereocenters. The molecule has 3 aromatic rings. The highest BCUT2D eigenvalue weighted by Gasteiger charge is 2.22. The molecule has 0 aliphatic carbocycles. The summed E-state index contributed by atoms with van der Waals surface area (Å²) in [4.78, 5) is 20.5. The van der Waals surface area contributed by atoms with E-state index in [1.807, 2.05) is 28.8 Å². The molecule has 1 unspecified atom stereocenters. The van der Waals surface area contributed by atoms with Crippen LogP contribution in [0, 0.1) is 0 Å². The van der Waals surface area contributed by atoms with E-state index >= 15 is 0 Å². The molecule has 2 heterocycles. The first kappa shape index (κ1) is 21.1. The first-order valence-electron chi connectivity index (χ1n) is 8.94. The molecule has 0 bridgehead atoms. The van der Waals surface area contributed by atoms with Gasteiger partial charge in [-0.15, -0.1) is 10.2 Å². The van der Waals surface area contributed by atoms with Crippen LogP contribution in [0.5, 0.6) is 5.75 Å². The number of ether oxygens (including phenoxy) is 2. The quantitative estimate of drug-likeness (QED) is 0.287. The fourth-order valence-electron chi connectivity index (χ4n) is 2.42. The van der Waals surface area contributed by atoms with Crippen molar-refractivity contribution in [2.24, 2.45) is 0 Å². The summed E-state index contributed by atoms with van der Waals surface area (Å²) in [5.74, 6) is 1.73. The van der Waals surface area contributed by atoms with E-state index in [0.717, 1.165) is 17.3 Å². The van der Waals surface area contributed by atoms with Crippen LogP contribution < -0.4 is 4.74 Å². The number of carbonyl (C=O) groups excluding carboxylic acids is 1. The fourth-order valence-corrected chi connectivity index (χ4v) is 4.02. The number of nitrogens with zero attached hydrogens (tertiary/aromatic N) is 5. The highest BCUT2D eigenvalue weighted by Crippen LogP contribution is 2.29. The van der Waals surface area contributed by atoms with Gasteiger partial charge in [0.25, 0.3) is 0 Å². The standard InChI is InChI=1S/C19H21N5O3S2/c1-4-27-17(25)13(2)29-19-23-22-16(12-28-18-20-10-5-11-21-18)24(19)14-6-8-15(26-3)9-7-14/h5-11,13H,4,12H2,1-3H3. The molecule has 0 saturated carbocycles. The number of aromatic nitrogens is 5. The highest BCUT2D eigenvalue weighted by molar-refractivity contribution is 8.00. The molecule has 0 aliphatic rings. The summed E-state index contributed by atoms with van der Waals surface area (Å²) in [6.07, 6.45) is 3.40. The predicted octanol–water partition coefficient (Wildman–Crippen LogP) is 3.40. The summed E-state index contributed by atoms with van der Waals surface area (Å²) < 4.78 is 12.3. The Morgan fingerprint density at radius 3 is 2.55 bits per heavy atom. The van der Waals surface area contributed by atoms with E-state index in [1.54, 1.807) is 39.4 Å². The van der Waals surface area contributed by atoms with Crippen LogP contribution in [0.25, 0.3) is 5.69 Å². The van der Waals surface area contributed by atoms with Crippen molar-refractivity contribution >= 4 is 29.5 Å². The van der Waals surface area contributed by atoms with E-state index in [1.165, 1.54) is 23.5 Å². The molecule has 1 aromatic carbocycles. The second-order valence-electron chi connectivity index (χ2n) is 5.76. The molecule has 0 saturated heterocycles. The van der Waals surface area contributed by atoms with Crippen molar-refractivity contribution < 1.29 is 14.3 Å². The van der Waals surface area contributed by atoms with Crippen molar-refractivity contribution in [1.29, 1.82) is 0 Å². The predicted molar refractivity (Wildman–Crippen MR) is 111 cm³/mol. The molecular formula is C19H21N5O3S2. The van der Waals surface area contributed by atoms with Gasteiger partial charge in [-0.25, -0.2) is 9.97 Å². The van der Waals surface area contributed by atoms with Crippen molar-refractivity contribution in [2.75, 3.05) is 13.7 Å². The van der Waals surface area contributed by atoms with Gasteiger partial charge in [-0.2, -0.15) is 0 Å². The zero-order valence-corrected chi connectivity index (χ0v) is 17.9. The largest absolute Gasteiger partial charge is 0.497 e. The van der Waals surface area contributed by atoms with Gasteiger partial charge in [0, 0.05) is 18.1 Å². The zero-order valence-electron chi connectivity index (χ0n) is 16.3. The number of carbonyl (C=O) groups is 1. The van der Waals surface area contributed by atoms with Crippen molar-refractivity contribution in [1.82, 2.24) is 24.7 Å². The minimum Gasteiger partial charge on any atom is -0.497 e. The lowest BCUT2D eigenvalue weighted by Crippen LogP contribution is -2.17. The van der Waals surface area contributed by atoms with Crippen LogP contribution in [0.2, 0.25) is 0 Å². The summed E-state index contributed by atoms with van der Waals surface area (Å²) in [5.41, 5.74) is 0.874. The summed E-state index contributed by atoms with van der Waals surface area (Å²) in [5, 5.41) is 9.51. The third-order valence-electron chi connectivity index (χ3n) is 3.80. The number of hydrogen-bond donors (Lipinski definition) is 0. The van der Waals surface area contributed by atoms with Gasteiger partial charge in [-0.05, 0) is 44.2 Å². The topological polar surface area (TPSA) is 92.0 Å². The molecule has 29 heavy (non-hydrogen) atoms. The number of hydrogen-bond acceptors (Lipinski definition) is 9. The van der Waals surface area contributed by atoms with Gasteiger partial charge < -0.3 is 9.47 Å². The Bertz CT molecular complexity index is 935. The number of methoxy groups -OCH3 is 1. The lowest BCUT2D eigenvalue weighted by molar-refractivity contribution is -0.142. The molecule has 152 valence electrons. The number of benzene rings is 1. The van der Waals surface area contributed by atoms with Crippen LogP contribution in [0.4, 0.5) is 0 Å². The smallest absolute Gasteiger partial charge is 0.319 e. The van der Waals surface area contributed by atoms with Gasteiger partial charge in [0.2, 0.25) is 0 Å². The molecule has 0 N–H and O–H groups in total. The van der Waals surface area contributed by atoms with E-state index in [2.05, 4.69) is 20.2 Å². The number of rotatable bonds is 9. The van der Waals surface area contributed by atoms with Crippen LogP contribution in [0.15, 0.2) is 53.0 Å². The Kier molecular flexibility index (Phi) is 7.48.